The zero-order valence-electron chi connectivity index (χ0n) is 13.0. The topological polar surface area (TPSA) is 56.1 Å². The molecule has 1 aromatic heterocycles. The molecule has 1 N–H and O–H groups in total. The highest BCUT2D eigenvalue weighted by Crippen LogP contribution is 2.27. The molecule has 0 radical (unpaired) electrons. The minimum Gasteiger partial charge on any atom is -0.487 e. The van der Waals surface area contributed by atoms with Gasteiger partial charge < -0.3 is 14.6 Å². The van der Waals surface area contributed by atoms with E-state index in [1.54, 1.807) is 42.3 Å². The first-order valence-corrected chi connectivity index (χ1v) is 7.88. The molecule has 1 saturated carbocycles. The van der Waals surface area contributed by atoms with Gasteiger partial charge in [-0.3, -0.25) is 4.79 Å². The molecule has 1 aromatic carbocycles. The summed E-state index contributed by atoms with van der Waals surface area (Å²) in [7, 11) is 0. The first-order valence-electron chi connectivity index (χ1n) is 7.88. The zero-order valence-corrected chi connectivity index (χ0v) is 13.0. The molecule has 0 aliphatic heterocycles. The highest BCUT2D eigenvalue weighted by molar-refractivity contribution is 5.93. The van der Waals surface area contributed by atoms with Crippen LogP contribution in [-0.2, 0) is 4.79 Å². The SMILES string of the molecule is C[C@H](C(=O)Nc1ccc(OC2CCCC2)c(F)c1)n1ccnc1. The molecule has 5 nitrogen and oxygen atoms in total. The summed E-state index contributed by atoms with van der Waals surface area (Å²) >= 11 is 0. The van der Waals surface area contributed by atoms with Gasteiger partial charge in [-0.2, -0.15) is 0 Å². The Morgan fingerprint density at radius 3 is 2.87 bits per heavy atom. The fourth-order valence-electron chi connectivity index (χ4n) is 2.74. The number of hydrogen-bond donors (Lipinski definition) is 1. The van der Waals surface area contributed by atoms with E-state index in [1.165, 1.54) is 6.07 Å². The number of aromatic nitrogens is 2. The Morgan fingerprint density at radius 2 is 2.22 bits per heavy atom. The van der Waals surface area contributed by atoms with Crippen molar-refractivity contribution in [2.45, 2.75) is 44.8 Å². The number of nitrogens with one attached hydrogen (secondary N) is 1. The van der Waals surface area contributed by atoms with Crippen molar-refractivity contribution in [2.75, 3.05) is 5.32 Å². The zero-order chi connectivity index (χ0) is 16.2. The molecule has 1 amide bonds. The van der Waals surface area contributed by atoms with Gasteiger partial charge in [0.2, 0.25) is 5.91 Å². The lowest BCUT2D eigenvalue weighted by Crippen LogP contribution is -2.23. The van der Waals surface area contributed by atoms with Crippen LogP contribution in [0.4, 0.5) is 10.1 Å². The number of benzene rings is 1. The second kappa shape index (κ2) is 6.81. The van der Waals surface area contributed by atoms with Gasteiger partial charge in [0.05, 0.1) is 12.4 Å². The van der Waals surface area contributed by atoms with E-state index in [0.717, 1.165) is 25.7 Å². The monoisotopic (exact) mass is 317 g/mol. The van der Waals surface area contributed by atoms with Crippen molar-refractivity contribution >= 4 is 11.6 Å². The molecule has 1 atom stereocenters. The number of carbonyl (C=O) groups is 1. The summed E-state index contributed by atoms with van der Waals surface area (Å²) in [5.41, 5.74) is 0.415. The largest absolute Gasteiger partial charge is 0.487 e. The number of anilines is 1. The predicted molar refractivity (Wildman–Crippen MR) is 84.9 cm³/mol. The summed E-state index contributed by atoms with van der Waals surface area (Å²) in [5, 5.41) is 2.71. The van der Waals surface area contributed by atoms with Gasteiger partial charge in [-0.05, 0) is 44.7 Å². The second-order valence-electron chi connectivity index (χ2n) is 5.84. The Bertz CT molecular complexity index is 666. The third kappa shape index (κ3) is 3.70. The van der Waals surface area contributed by atoms with Crippen molar-refractivity contribution in [2.24, 2.45) is 0 Å². The van der Waals surface area contributed by atoms with Crippen molar-refractivity contribution in [3.63, 3.8) is 0 Å². The predicted octanol–water partition coefficient (Wildman–Crippen LogP) is 3.54. The molecule has 122 valence electrons. The Labute approximate surface area is 134 Å². The van der Waals surface area contributed by atoms with Crippen LogP contribution in [0.3, 0.4) is 0 Å². The normalized spacial score (nSPS) is 16.3. The molecular formula is C17H20FN3O2. The number of carbonyl (C=O) groups excluding carboxylic acids is 1. The van der Waals surface area contributed by atoms with Crippen molar-refractivity contribution in [3.8, 4) is 5.75 Å². The number of nitrogens with zero attached hydrogens (tertiary/aromatic N) is 2. The van der Waals surface area contributed by atoms with Gasteiger partial charge in [0.15, 0.2) is 11.6 Å². The smallest absolute Gasteiger partial charge is 0.247 e. The highest BCUT2D eigenvalue weighted by atomic mass is 19.1. The summed E-state index contributed by atoms with van der Waals surface area (Å²) in [6, 6.07) is 4.11. The molecule has 0 spiro atoms. The summed E-state index contributed by atoms with van der Waals surface area (Å²) in [6.07, 6.45) is 9.21. The first kappa shape index (κ1) is 15.5. The summed E-state index contributed by atoms with van der Waals surface area (Å²) in [4.78, 5) is 16.1. The van der Waals surface area contributed by atoms with Crippen molar-refractivity contribution in [3.05, 3.63) is 42.7 Å². The maximum absolute atomic E-state index is 14.1. The summed E-state index contributed by atoms with van der Waals surface area (Å²) < 4.78 is 21.5. The average molecular weight is 317 g/mol. The van der Waals surface area contributed by atoms with Gasteiger partial charge in [0.1, 0.15) is 6.04 Å². The van der Waals surface area contributed by atoms with E-state index in [2.05, 4.69) is 10.3 Å². The lowest BCUT2D eigenvalue weighted by molar-refractivity contribution is -0.118. The third-order valence-corrected chi connectivity index (χ3v) is 4.15. The Kier molecular flexibility index (Phi) is 4.60. The van der Waals surface area contributed by atoms with E-state index in [0.29, 0.717) is 5.69 Å². The first-order chi connectivity index (χ1) is 11.1. The van der Waals surface area contributed by atoms with Crippen LogP contribution in [0.1, 0.15) is 38.6 Å². The number of ether oxygens (including phenoxy) is 1. The molecule has 2 aromatic rings. The van der Waals surface area contributed by atoms with E-state index in [4.69, 9.17) is 4.74 Å². The molecule has 1 aliphatic rings. The summed E-state index contributed by atoms with van der Waals surface area (Å²) in [6.45, 7) is 1.75. The van der Waals surface area contributed by atoms with E-state index >= 15 is 0 Å². The Hall–Kier alpha value is -2.37. The van der Waals surface area contributed by atoms with E-state index in [-0.39, 0.29) is 17.8 Å². The van der Waals surface area contributed by atoms with Crippen molar-refractivity contribution < 1.29 is 13.9 Å². The van der Waals surface area contributed by atoms with Crippen LogP contribution >= 0.6 is 0 Å². The van der Waals surface area contributed by atoms with Crippen LogP contribution in [0.25, 0.3) is 0 Å². The minimum atomic E-state index is -0.454. The van der Waals surface area contributed by atoms with Crippen molar-refractivity contribution in [1.82, 2.24) is 9.55 Å². The molecule has 6 heteroatoms. The average Bonchev–Trinajstić information content (AvgIpc) is 3.22. The molecule has 23 heavy (non-hydrogen) atoms. The third-order valence-electron chi connectivity index (χ3n) is 4.15. The highest BCUT2D eigenvalue weighted by Gasteiger charge is 2.19. The number of halogens is 1. The number of hydrogen-bond acceptors (Lipinski definition) is 3. The van der Waals surface area contributed by atoms with Gasteiger partial charge in [0, 0.05) is 24.1 Å². The standard InChI is InChI=1S/C17H20FN3O2/c1-12(21-9-8-19-11-21)17(22)20-13-6-7-16(15(18)10-13)23-14-4-2-3-5-14/h6-12,14H,2-5H2,1H3,(H,20,22)/t12-/m1/s1. The fourth-order valence-corrected chi connectivity index (χ4v) is 2.74. The molecule has 0 saturated heterocycles. The molecule has 1 fully saturated rings. The van der Waals surface area contributed by atoms with Crippen LogP contribution in [-0.4, -0.2) is 21.6 Å². The number of imidazole rings is 1. The lowest BCUT2D eigenvalue weighted by Gasteiger charge is -2.16. The molecule has 1 heterocycles. The van der Waals surface area contributed by atoms with Crippen LogP contribution < -0.4 is 10.1 Å². The Morgan fingerprint density at radius 1 is 1.43 bits per heavy atom. The Balaban J connectivity index is 1.64. The van der Waals surface area contributed by atoms with Crippen LogP contribution in [0.15, 0.2) is 36.9 Å². The quantitative estimate of drug-likeness (QED) is 0.917. The number of rotatable bonds is 5. The maximum atomic E-state index is 14.1. The van der Waals surface area contributed by atoms with Gasteiger partial charge in [-0.15, -0.1) is 0 Å². The molecular weight excluding hydrogens is 297 g/mol. The van der Waals surface area contributed by atoms with Gasteiger partial charge in [0.25, 0.3) is 0 Å². The van der Waals surface area contributed by atoms with Crippen molar-refractivity contribution in [1.29, 1.82) is 0 Å². The number of amides is 1. The van der Waals surface area contributed by atoms with Crippen LogP contribution in [0.2, 0.25) is 0 Å². The maximum Gasteiger partial charge on any atom is 0.247 e. The molecule has 3 rings (SSSR count). The van der Waals surface area contributed by atoms with E-state index in [1.807, 2.05) is 0 Å². The van der Waals surface area contributed by atoms with Gasteiger partial charge in [-0.25, -0.2) is 9.37 Å². The lowest BCUT2D eigenvalue weighted by atomic mass is 10.2. The van der Waals surface area contributed by atoms with Gasteiger partial charge >= 0.3 is 0 Å². The van der Waals surface area contributed by atoms with Crippen LogP contribution in [0.5, 0.6) is 5.75 Å². The molecule has 0 bridgehead atoms. The van der Waals surface area contributed by atoms with E-state index in [9.17, 15) is 9.18 Å². The second-order valence-corrected chi connectivity index (χ2v) is 5.84. The fraction of sp³-hybridized carbons (Fsp3) is 0.412. The summed E-state index contributed by atoms with van der Waals surface area (Å²) in [5.74, 6) is -0.436. The minimum absolute atomic E-state index is 0.103. The van der Waals surface area contributed by atoms with Crippen LogP contribution in [0, 0.1) is 5.82 Å². The molecule has 1 aliphatic carbocycles. The van der Waals surface area contributed by atoms with E-state index < -0.39 is 11.9 Å². The molecule has 0 unspecified atom stereocenters. The van der Waals surface area contributed by atoms with Gasteiger partial charge in [-0.1, -0.05) is 0 Å².